The Labute approximate surface area is 212 Å². The van der Waals surface area contributed by atoms with Gasteiger partial charge >= 0.3 is 12.1 Å². The maximum absolute atomic E-state index is 12.7. The number of hydroxylamine groups is 1. The van der Waals surface area contributed by atoms with Crippen molar-refractivity contribution in [3.63, 3.8) is 0 Å². The Balaban J connectivity index is 0.000000856. The standard InChI is InChI=1S/C17H21ClN6O5S.C2HF3O2/c1-11-2-7-14(23-30(27,28)13-5-3-12(18)4-6-13)16(26)24(11)10-15(25)21-8-9-29-22-17(19)20;3-2(4,5)1(6)7/h2-7,23H,8-10H2,1H3,(H,21,25)(H4,19,20,22);(H,6,7). The number of nitrogens with one attached hydrogen (secondary N) is 4. The van der Waals surface area contributed by atoms with Crippen LogP contribution in [0.3, 0.4) is 0 Å². The first-order valence-electron chi connectivity index (χ1n) is 9.82. The Morgan fingerprint density at radius 2 is 1.76 bits per heavy atom. The van der Waals surface area contributed by atoms with Gasteiger partial charge < -0.3 is 20.7 Å². The summed E-state index contributed by atoms with van der Waals surface area (Å²) >= 11 is 5.77. The number of nitrogens with two attached hydrogens (primary N) is 1. The van der Waals surface area contributed by atoms with E-state index >= 15 is 0 Å². The first-order valence-corrected chi connectivity index (χ1v) is 11.7. The number of rotatable bonds is 9. The van der Waals surface area contributed by atoms with Crippen LogP contribution >= 0.6 is 11.6 Å². The van der Waals surface area contributed by atoms with Crippen LogP contribution < -0.4 is 26.8 Å². The smallest absolute Gasteiger partial charge is 0.475 e. The number of aliphatic carboxylic acids is 1. The zero-order chi connectivity index (χ0) is 28.4. The highest BCUT2D eigenvalue weighted by molar-refractivity contribution is 7.92. The molecule has 0 atom stereocenters. The molecular weight excluding hydrogens is 549 g/mol. The second-order valence-corrected chi connectivity index (χ2v) is 8.98. The number of aromatic nitrogens is 1. The van der Waals surface area contributed by atoms with Crippen LogP contribution in [0.5, 0.6) is 0 Å². The quantitative estimate of drug-likeness (QED) is 0.109. The lowest BCUT2D eigenvalue weighted by Crippen LogP contribution is -2.37. The van der Waals surface area contributed by atoms with E-state index in [0.717, 1.165) is 4.57 Å². The van der Waals surface area contributed by atoms with Gasteiger partial charge in [-0.15, -0.1) is 0 Å². The number of hydrogen-bond acceptors (Lipinski definition) is 7. The van der Waals surface area contributed by atoms with E-state index in [4.69, 9.17) is 37.5 Å². The molecule has 18 heteroatoms. The lowest BCUT2D eigenvalue weighted by molar-refractivity contribution is -0.192. The van der Waals surface area contributed by atoms with Crippen LogP contribution in [0.15, 0.2) is 46.1 Å². The molecule has 204 valence electrons. The number of guanidine groups is 1. The predicted molar refractivity (Wildman–Crippen MR) is 125 cm³/mol. The van der Waals surface area contributed by atoms with E-state index in [1.165, 1.54) is 36.4 Å². The summed E-state index contributed by atoms with van der Waals surface area (Å²) in [5.41, 5.74) is 6.76. The fourth-order valence-corrected chi connectivity index (χ4v) is 3.52. The topological polar surface area (TPSA) is 206 Å². The number of pyridine rings is 1. The first kappa shape index (κ1) is 31.2. The minimum atomic E-state index is -5.08. The highest BCUT2D eigenvalue weighted by Crippen LogP contribution is 2.17. The SMILES string of the molecule is Cc1ccc(NS(=O)(=O)c2ccc(Cl)cc2)c(=O)n1CC(=O)NCCONC(=N)N.O=C(O)C(F)(F)F. The number of nitrogens with zero attached hydrogens (tertiary/aromatic N) is 1. The van der Waals surface area contributed by atoms with E-state index in [1.54, 1.807) is 6.92 Å². The largest absolute Gasteiger partial charge is 0.490 e. The van der Waals surface area contributed by atoms with Crippen molar-refractivity contribution in [1.29, 1.82) is 5.41 Å². The molecule has 1 aromatic carbocycles. The fourth-order valence-electron chi connectivity index (χ4n) is 2.33. The van der Waals surface area contributed by atoms with Crippen LogP contribution in [0, 0.1) is 12.3 Å². The minimum absolute atomic E-state index is 0.0418. The molecule has 2 aromatic rings. The molecule has 0 aliphatic heterocycles. The highest BCUT2D eigenvalue weighted by Gasteiger charge is 2.38. The zero-order valence-corrected chi connectivity index (χ0v) is 20.5. The zero-order valence-electron chi connectivity index (χ0n) is 18.9. The van der Waals surface area contributed by atoms with E-state index in [0.29, 0.717) is 10.7 Å². The lowest BCUT2D eigenvalue weighted by Gasteiger charge is -2.14. The van der Waals surface area contributed by atoms with E-state index < -0.39 is 33.6 Å². The fraction of sp³-hybridized carbons (Fsp3) is 0.263. The number of carboxylic acids is 1. The number of carbonyl (C=O) groups excluding carboxylic acids is 1. The number of sulfonamides is 1. The van der Waals surface area contributed by atoms with Gasteiger partial charge in [-0.1, -0.05) is 11.6 Å². The van der Waals surface area contributed by atoms with Crippen LogP contribution in [0.2, 0.25) is 5.02 Å². The lowest BCUT2D eigenvalue weighted by atomic mass is 10.3. The van der Waals surface area contributed by atoms with Crippen LogP contribution in [0.25, 0.3) is 0 Å². The minimum Gasteiger partial charge on any atom is -0.475 e. The predicted octanol–water partition coefficient (Wildman–Crippen LogP) is 0.775. The van der Waals surface area contributed by atoms with Crippen molar-refractivity contribution in [3.8, 4) is 0 Å². The molecule has 2 rings (SSSR count). The molecule has 0 bridgehead atoms. The monoisotopic (exact) mass is 570 g/mol. The molecule has 0 spiro atoms. The van der Waals surface area contributed by atoms with Gasteiger partial charge in [0.15, 0.2) is 0 Å². The van der Waals surface area contributed by atoms with Gasteiger partial charge in [0.1, 0.15) is 12.2 Å². The van der Waals surface area contributed by atoms with Crippen molar-refractivity contribution in [2.45, 2.75) is 24.5 Å². The number of hydrogen-bond donors (Lipinski definition) is 6. The summed E-state index contributed by atoms with van der Waals surface area (Å²) in [6.07, 6.45) is -5.08. The summed E-state index contributed by atoms with van der Waals surface area (Å²) < 4.78 is 60.1. The molecule has 0 saturated heterocycles. The Morgan fingerprint density at radius 3 is 2.27 bits per heavy atom. The van der Waals surface area contributed by atoms with Crippen LogP contribution in [-0.2, 0) is 31.0 Å². The van der Waals surface area contributed by atoms with E-state index in [9.17, 15) is 31.2 Å². The molecule has 1 aromatic heterocycles. The van der Waals surface area contributed by atoms with E-state index in [1.807, 2.05) is 0 Å². The molecular formula is C19H22ClF3N6O7S. The second kappa shape index (κ2) is 13.5. The second-order valence-electron chi connectivity index (χ2n) is 6.86. The number of alkyl halides is 3. The summed E-state index contributed by atoms with van der Waals surface area (Å²) in [6, 6.07) is 8.32. The number of carboxylic acid groups (broad SMARTS) is 1. The summed E-state index contributed by atoms with van der Waals surface area (Å²) in [5, 5.41) is 17.0. The number of halogens is 4. The Kier molecular flexibility index (Phi) is 11.4. The van der Waals surface area contributed by atoms with E-state index in [-0.39, 0.29) is 36.2 Å². The Bertz CT molecular complexity index is 1280. The van der Waals surface area contributed by atoms with Crippen molar-refractivity contribution in [2.75, 3.05) is 17.9 Å². The van der Waals surface area contributed by atoms with Crippen molar-refractivity contribution in [2.24, 2.45) is 5.73 Å². The third-order valence-electron chi connectivity index (χ3n) is 4.01. The van der Waals surface area contributed by atoms with Gasteiger partial charge in [0, 0.05) is 17.3 Å². The van der Waals surface area contributed by atoms with Gasteiger partial charge in [-0.05, 0) is 43.3 Å². The Hall–Kier alpha value is -3.83. The van der Waals surface area contributed by atoms with Gasteiger partial charge in [-0.3, -0.25) is 24.6 Å². The maximum atomic E-state index is 12.7. The van der Waals surface area contributed by atoms with Gasteiger partial charge in [-0.25, -0.2) is 18.7 Å². The number of carbonyl (C=O) groups is 2. The first-order chi connectivity index (χ1) is 17.0. The average Bonchev–Trinajstić information content (AvgIpc) is 2.78. The molecule has 0 aliphatic carbocycles. The summed E-state index contributed by atoms with van der Waals surface area (Å²) in [5.74, 6) is -3.61. The number of aryl methyl sites for hydroxylation is 1. The highest BCUT2D eigenvalue weighted by atomic mass is 35.5. The Morgan fingerprint density at radius 1 is 1.19 bits per heavy atom. The van der Waals surface area contributed by atoms with Gasteiger partial charge in [-0.2, -0.15) is 13.2 Å². The summed E-state index contributed by atoms with van der Waals surface area (Å²) in [4.78, 5) is 38.4. The summed E-state index contributed by atoms with van der Waals surface area (Å²) in [7, 11) is -4.01. The number of anilines is 1. The van der Waals surface area contributed by atoms with E-state index in [2.05, 4.69) is 15.5 Å². The van der Waals surface area contributed by atoms with Crippen LogP contribution in [-0.4, -0.2) is 55.3 Å². The third-order valence-corrected chi connectivity index (χ3v) is 5.65. The average molecular weight is 571 g/mol. The maximum Gasteiger partial charge on any atom is 0.490 e. The van der Waals surface area contributed by atoms with Crippen molar-refractivity contribution < 1.29 is 41.1 Å². The van der Waals surface area contributed by atoms with Gasteiger partial charge in [0.2, 0.25) is 11.9 Å². The number of benzene rings is 1. The van der Waals surface area contributed by atoms with Crippen LogP contribution in [0.1, 0.15) is 5.69 Å². The molecule has 0 radical (unpaired) electrons. The number of amides is 1. The van der Waals surface area contributed by atoms with Crippen LogP contribution in [0.4, 0.5) is 18.9 Å². The molecule has 1 heterocycles. The molecule has 0 unspecified atom stereocenters. The molecule has 37 heavy (non-hydrogen) atoms. The van der Waals surface area contributed by atoms with Crippen molar-refractivity contribution in [3.05, 3.63) is 57.5 Å². The third kappa shape index (κ3) is 10.8. The molecule has 0 saturated carbocycles. The molecule has 1 amide bonds. The molecule has 0 aliphatic rings. The van der Waals surface area contributed by atoms with Crippen molar-refractivity contribution >= 4 is 45.1 Å². The molecule has 7 N–H and O–H groups in total. The molecule has 0 fully saturated rings. The summed E-state index contributed by atoms with van der Waals surface area (Å²) in [6.45, 7) is 1.45. The van der Waals surface area contributed by atoms with Crippen molar-refractivity contribution in [1.82, 2.24) is 15.4 Å². The normalized spacial score (nSPS) is 11.1. The van der Waals surface area contributed by atoms with Gasteiger partial charge in [0.25, 0.3) is 15.6 Å². The van der Waals surface area contributed by atoms with Gasteiger partial charge in [0.05, 0.1) is 11.5 Å². The molecule has 13 nitrogen and oxygen atoms in total.